The molecule has 122 valence electrons. The van der Waals surface area contributed by atoms with Crippen molar-refractivity contribution in [3.8, 4) is 0 Å². The smallest absolute Gasteiger partial charge is 0.310 e. The Bertz CT molecular complexity index is 892. The number of para-hydroxylation sites is 1. The number of pyridine rings is 1. The lowest BCUT2D eigenvalue weighted by Gasteiger charge is -2.16. The van der Waals surface area contributed by atoms with Crippen LogP contribution in [0.5, 0.6) is 0 Å². The van der Waals surface area contributed by atoms with E-state index in [0.29, 0.717) is 0 Å². The molecule has 0 amide bonds. The first kappa shape index (κ1) is 15.9. The van der Waals surface area contributed by atoms with Gasteiger partial charge in [-0.15, -0.1) is 0 Å². The highest BCUT2D eigenvalue weighted by Crippen LogP contribution is 2.31. The predicted molar refractivity (Wildman–Crippen MR) is 91.9 cm³/mol. The summed E-state index contributed by atoms with van der Waals surface area (Å²) in [5.41, 5.74) is 3.87. The fourth-order valence-corrected chi connectivity index (χ4v) is 2.63. The van der Waals surface area contributed by atoms with Gasteiger partial charge in [0.15, 0.2) is 0 Å². The summed E-state index contributed by atoms with van der Waals surface area (Å²) in [6.45, 7) is 1.86. The van der Waals surface area contributed by atoms with Gasteiger partial charge in [0.1, 0.15) is 5.82 Å². The summed E-state index contributed by atoms with van der Waals surface area (Å²) >= 11 is 0. The van der Waals surface area contributed by atoms with Crippen LogP contribution in [0, 0.1) is 12.7 Å². The summed E-state index contributed by atoms with van der Waals surface area (Å²) in [6.07, 6.45) is 0.115. The van der Waals surface area contributed by atoms with Crippen molar-refractivity contribution in [1.82, 2.24) is 4.98 Å². The van der Waals surface area contributed by atoms with Gasteiger partial charge in [-0.25, -0.2) is 4.39 Å². The number of nitrogens with zero attached hydrogens (tertiary/aromatic N) is 1. The Hall–Kier alpha value is -2.95. The number of fused-ring (bicyclic) bond motifs is 1. The lowest BCUT2D eigenvalue weighted by molar-refractivity contribution is -0.139. The molecule has 0 aliphatic heterocycles. The van der Waals surface area contributed by atoms with E-state index in [-0.39, 0.29) is 18.2 Å². The van der Waals surface area contributed by atoms with Gasteiger partial charge in [0.25, 0.3) is 0 Å². The zero-order chi connectivity index (χ0) is 17.1. The standard InChI is InChI=1S/C19H17FN2O2/c1-12-16(11-18(23)24-2)19(15-5-3-4-6-17(15)21-12)22-14-9-7-13(20)8-10-14/h3-10H,11H2,1-2H3,(H,21,22). The molecule has 0 aliphatic rings. The number of aryl methyl sites for hydroxylation is 1. The first-order valence-corrected chi connectivity index (χ1v) is 7.56. The second kappa shape index (κ2) is 6.66. The number of carbonyl (C=O) groups is 1. The molecule has 2 aromatic carbocycles. The van der Waals surface area contributed by atoms with Crippen molar-refractivity contribution in [2.24, 2.45) is 0 Å². The number of halogens is 1. The van der Waals surface area contributed by atoms with E-state index in [0.717, 1.165) is 33.5 Å². The molecule has 0 spiro atoms. The molecule has 1 N–H and O–H groups in total. The fraction of sp³-hybridized carbons (Fsp3) is 0.158. The molecule has 1 heterocycles. The highest BCUT2D eigenvalue weighted by atomic mass is 19.1. The number of hydrogen-bond acceptors (Lipinski definition) is 4. The van der Waals surface area contributed by atoms with Crippen LogP contribution >= 0.6 is 0 Å². The molecule has 3 aromatic rings. The molecule has 4 nitrogen and oxygen atoms in total. The van der Waals surface area contributed by atoms with Crippen LogP contribution < -0.4 is 5.32 Å². The van der Waals surface area contributed by atoms with Gasteiger partial charge in [-0.2, -0.15) is 0 Å². The third-order valence-corrected chi connectivity index (χ3v) is 3.86. The van der Waals surface area contributed by atoms with E-state index in [1.54, 1.807) is 12.1 Å². The van der Waals surface area contributed by atoms with E-state index in [1.807, 2.05) is 31.2 Å². The van der Waals surface area contributed by atoms with Crippen LogP contribution in [0.1, 0.15) is 11.3 Å². The number of aromatic nitrogens is 1. The van der Waals surface area contributed by atoms with Gasteiger partial charge < -0.3 is 10.1 Å². The number of nitrogens with one attached hydrogen (secondary N) is 1. The van der Waals surface area contributed by atoms with Crippen molar-refractivity contribution in [3.63, 3.8) is 0 Å². The van der Waals surface area contributed by atoms with Crippen molar-refractivity contribution in [2.75, 3.05) is 12.4 Å². The quantitative estimate of drug-likeness (QED) is 0.733. The lowest BCUT2D eigenvalue weighted by Crippen LogP contribution is -2.10. The molecule has 5 heteroatoms. The number of carbonyl (C=O) groups excluding carboxylic acids is 1. The number of methoxy groups -OCH3 is 1. The molecule has 24 heavy (non-hydrogen) atoms. The second-order valence-electron chi connectivity index (χ2n) is 5.45. The molecule has 0 bridgehead atoms. The first-order chi connectivity index (χ1) is 11.6. The Labute approximate surface area is 139 Å². The molecule has 0 atom stereocenters. The third kappa shape index (κ3) is 3.20. The molecular formula is C19H17FN2O2. The highest BCUT2D eigenvalue weighted by Gasteiger charge is 2.16. The number of ether oxygens (including phenoxy) is 1. The lowest BCUT2D eigenvalue weighted by atomic mass is 10.0. The van der Waals surface area contributed by atoms with Crippen molar-refractivity contribution < 1.29 is 13.9 Å². The Morgan fingerprint density at radius 2 is 1.88 bits per heavy atom. The number of benzene rings is 2. The average molecular weight is 324 g/mol. The molecule has 0 saturated heterocycles. The van der Waals surface area contributed by atoms with Crippen LogP contribution in [0.3, 0.4) is 0 Å². The molecular weight excluding hydrogens is 307 g/mol. The van der Waals surface area contributed by atoms with Gasteiger partial charge in [0, 0.05) is 22.3 Å². The van der Waals surface area contributed by atoms with E-state index < -0.39 is 0 Å². The normalized spacial score (nSPS) is 10.6. The molecule has 0 radical (unpaired) electrons. The highest BCUT2D eigenvalue weighted by molar-refractivity contribution is 5.96. The van der Waals surface area contributed by atoms with Crippen LogP contribution in [-0.4, -0.2) is 18.1 Å². The average Bonchev–Trinajstić information content (AvgIpc) is 2.59. The zero-order valence-electron chi connectivity index (χ0n) is 13.5. The van der Waals surface area contributed by atoms with Crippen molar-refractivity contribution >= 4 is 28.2 Å². The molecule has 0 unspecified atom stereocenters. The predicted octanol–water partition coefficient (Wildman–Crippen LogP) is 4.14. The minimum atomic E-state index is -0.336. The van der Waals surface area contributed by atoms with E-state index in [2.05, 4.69) is 10.3 Å². The maximum atomic E-state index is 13.1. The largest absolute Gasteiger partial charge is 0.469 e. The van der Waals surface area contributed by atoms with Crippen LogP contribution in [-0.2, 0) is 16.0 Å². The van der Waals surface area contributed by atoms with E-state index >= 15 is 0 Å². The Morgan fingerprint density at radius 1 is 1.17 bits per heavy atom. The molecule has 3 rings (SSSR count). The van der Waals surface area contributed by atoms with Crippen LogP contribution in [0.4, 0.5) is 15.8 Å². The van der Waals surface area contributed by atoms with Crippen molar-refractivity contribution in [3.05, 3.63) is 65.6 Å². The zero-order valence-corrected chi connectivity index (χ0v) is 13.5. The monoisotopic (exact) mass is 324 g/mol. The van der Waals surface area contributed by atoms with Gasteiger partial charge in [-0.05, 0) is 37.3 Å². The topological polar surface area (TPSA) is 51.2 Å². The first-order valence-electron chi connectivity index (χ1n) is 7.56. The van der Waals surface area contributed by atoms with Gasteiger partial charge in [-0.1, -0.05) is 18.2 Å². The minimum absolute atomic E-state index is 0.115. The van der Waals surface area contributed by atoms with E-state index in [1.165, 1.54) is 19.2 Å². The maximum absolute atomic E-state index is 13.1. The van der Waals surface area contributed by atoms with Gasteiger partial charge in [0.05, 0.1) is 24.7 Å². The summed E-state index contributed by atoms with van der Waals surface area (Å²) in [5.74, 6) is -0.636. The van der Waals surface area contributed by atoms with Gasteiger partial charge in [-0.3, -0.25) is 9.78 Å². The third-order valence-electron chi connectivity index (χ3n) is 3.86. The summed E-state index contributed by atoms with van der Waals surface area (Å²) in [7, 11) is 1.36. The Balaban J connectivity index is 2.15. The van der Waals surface area contributed by atoms with Crippen LogP contribution in [0.25, 0.3) is 10.9 Å². The molecule has 0 saturated carbocycles. The van der Waals surface area contributed by atoms with E-state index in [4.69, 9.17) is 4.74 Å². The Kier molecular flexibility index (Phi) is 4.42. The molecule has 0 fully saturated rings. The summed E-state index contributed by atoms with van der Waals surface area (Å²) in [4.78, 5) is 16.4. The number of rotatable bonds is 4. The Morgan fingerprint density at radius 3 is 2.58 bits per heavy atom. The SMILES string of the molecule is COC(=O)Cc1c(C)nc2ccccc2c1Nc1ccc(F)cc1. The van der Waals surface area contributed by atoms with Gasteiger partial charge in [0.2, 0.25) is 0 Å². The van der Waals surface area contributed by atoms with Gasteiger partial charge >= 0.3 is 5.97 Å². The minimum Gasteiger partial charge on any atom is -0.469 e. The fourth-order valence-electron chi connectivity index (χ4n) is 2.63. The molecule has 1 aromatic heterocycles. The second-order valence-corrected chi connectivity index (χ2v) is 5.45. The summed E-state index contributed by atoms with van der Waals surface area (Å²) in [6, 6.07) is 13.8. The van der Waals surface area contributed by atoms with Crippen molar-refractivity contribution in [2.45, 2.75) is 13.3 Å². The molecule has 0 aliphatic carbocycles. The van der Waals surface area contributed by atoms with Crippen LogP contribution in [0.2, 0.25) is 0 Å². The number of hydrogen-bond donors (Lipinski definition) is 1. The maximum Gasteiger partial charge on any atom is 0.310 e. The summed E-state index contributed by atoms with van der Waals surface area (Å²) < 4.78 is 17.9. The number of esters is 1. The number of anilines is 2. The summed E-state index contributed by atoms with van der Waals surface area (Å²) in [5, 5.41) is 4.19. The van der Waals surface area contributed by atoms with Crippen LogP contribution in [0.15, 0.2) is 48.5 Å². The van der Waals surface area contributed by atoms with Crippen molar-refractivity contribution in [1.29, 1.82) is 0 Å². The van der Waals surface area contributed by atoms with E-state index in [9.17, 15) is 9.18 Å².